The first kappa shape index (κ1) is 8.75. The fraction of sp³-hybridized carbons (Fsp3) is 0.0833. The maximum absolute atomic E-state index is 5.55. The van der Waals surface area contributed by atoms with E-state index in [1.165, 1.54) is 5.56 Å². The molecule has 1 aromatic carbocycles. The second-order valence-corrected chi connectivity index (χ2v) is 3.14. The molecule has 0 fully saturated rings. The van der Waals surface area contributed by atoms with Crippen LogP contribution in [0.2, 0.25) is 0 Å². The molecule has 1 heterocycles. The van der Waals surface area contributed by atoms with Crippen molar-refractivity contribution in [2.24, 2.45) is 0 Å². The van der Waals surface area contributed by atoms with Crippen molar-refractivity contribution in [1.82, 2.24) is 0 Å². The van der Waals surface area contributed by atoms with E-state index in [-0.39, 0.29) is 0 Å². The van der Waals surface area contributed by atoms with Crippen LogP contribution in [0, 0.1) is 6.92 Å². The summed E-state index contributed by atoms with van der Waals surface area (Å²) in [6, 6.07) is 13.8. The second kappa shape index (κ2) is 3.92. The lowest BCUT2D eigenvalue weighted by Crippen LogP contribution is -2.38. The third-order valence-corrected chi connectivity index (χ3v) is 1.92. The van der Waals surface area contributed by atoms with Gasteiger partial charge in [-0.1, -0.05) is 23.8 Å². The van der Waals surface area contributed by atoms with E-state index in [0.717, 1.165) is 5.75 Å². The summed E-state index contributed by atoms with van der Waals surface area (Å²) in [7, 11) is 0. The van der Waals surface area contributed by atoms with Crippen LogP contribution in [0.4, 0.5) is 0 Å². The monoisotopic (exact) mass is 186 g/mol. The Morgan fingerprint density at radius 1 is 0.929 bits per heavy atom. The van der Waals surface area contributed by atoms with E-state index >= 15 is 0 Å². The maximum atomic E-state index is 5.55. The molecule has 2 rings (SSSR count). The minimum absolute atomic E-state index is 0.840. The molecule has 0 amide bonds. The first-order valence-corrected chi connectivity index (χ1v) is 4.56. The van der Waals surface area contributed by atoms with Crippen molar-refractivity contribution in [3.63, 3.8) is 0 Å². The standard InChI is InChI=1S/C12H12NO/c1-11-5-7-12(8-6-11)14-13-9-3-2-4-10-13/h2-10H,1H3/q+1. The van der Waals surface area contributed by atoms with Gasteiger partial charge in [0.25, 0.3) is 0 Å². The van der Waals surface area contributed by atoms with Crippen LogP contribution in [-0.4, -0.2) is 0 Å². The molecule has 0 aliphatic carbocycles. The molecule has 2 nitrogen and oxygen atoms in total. The van der Waals surface area contributed by atoms with E-state index in [1.54, 1.807) is 4.73 Å². The van der Waals surface area contributed by atoms with E-state index in [1.807, 2.05) is 54.9 Å². The number of hydrogen-bond acceptors (Lipinski definition) is 1. The van der Waals surface area contributed by atoms with Crippen molar-refractivity contribution < 1.29 is 9.57 Å². The molecule has 0 aliphatic heterocycles. The van der Waals surface area contributed by atoms with Gasteiger partial charge in [0, 0.05) is 16.9 Å². The van der Waals surface area contributed by atoms with Crippen molar-refractivity contribution in [3.05, 3.63) is 60.4 Å². The zero-order chi connectivity index (χ0) is 9.80. The van der Waals surface area contributed by atoms with E-state index in [2.05, 4.69) is 6.92 Å². The number of nitrogens with zero attached hydrogens (tertiary/aromatic N) is 1. The number of benzene rings is 1. The molecule has 2 aromatic rings. The van der Waals surface area contributed by atoms with Gasteiger partial charge in [-0.3, -0.25) is 0 Å². The fourth-order valence-electron chi connectivity index (χ4n) is 1.16. The Bertz CT molecular complexity index is 394. The topological polar surface area (TPSA) is 13.1 Å². The predicted octanol–water partition coefficient (Wildman–Crippen LogP) is 2.12. The van der Waals surface area contributed by atoms with Gasteiger partial charge in [0.05, 0.1) is 0 Å². The molecule has 0 aliphatic rings. The Balaban J connectivity index is 2.16. The Morgan fingerprint density at radius 3 is 2.21 bits per heavy atom. The van der Waals surface area contributed by atoms with Crippen molar-refractivity contribution in [2.75, 3.05) is 0 Å². The molecule has 0 saturated carbocycles. The fourth-order valence-corrected chi connectivity index (χ4v) is 1.16. The molecule has 0 unspecified atom stereocenters. The van der Waals surface area contributed by atoms with Gasteiger partial charge < -0.3 is 0 Å². The number of pyridine rings is 1. The number of hydrogen-bond donors (Lipinski definition) is 0. The molecule has 0 bridgehead atoms. The van der Waals surface area contributed by atoms with Gasteiger partial charge in [0.2, 0.25) is 18.1 Å². The van der Waals surface area contributed by atoms with Gasteiger partial charge in [-0.25, -0.2) is 4.84 Å². The lowest BCUT2D eigenvalue weighted by Gasteiger charge is -1.97. The molecule has 0 radical (unpaired) electrons. The lowest BCUT2D eigenvalue weighted by molar-refractivity contribution is -0.875. The molecular formula is C12H12NO+. The minimum Gasteiger partial charge on any atom is -0.232 e. The van der Waals surface area contributed by atoms with Gasteiger partial charge in [-0.15, -0.1) is 0 Å². The largest absolute Gasteiger partial charge is 0.232 e. The number of aromatic nitrogens is 1. The van der Waals surface area contributed by atoms with Gasteiger partial charge >= 0.3 is 0 Å². The second-order valence-electron chi connectivity index (χ2n) is 3.14. The average molecular weight is 186 g/mol. The molecule has 2 heteroatoms. The van der Waals surface area contributed by atoms with Gasteiger partial charge in [-0.05, 0) is 19.1 Å². The highest BCUT2D eigenvalue weighted by atomic mass is 16.7. The van der Waals surface area contributed by atoms with Crippen LogP contribution in [0.15, 0.2) is 54.9 Å². The quantitative estimate of drug-likeness (QED) is 0.655. The maximum Gasteiger partial charge on any atom is 0.223 e. The molecule has 0 atom stereocenters. The predicted molar refractivity (Wildman–Crippen MR) is 53.8 cm³/mol. The van der Waals surface area contributed by atoms with Crippen LogP contribution in [0.1, 0.15) is 5.56 Å². The van der Waals surface area contributed by atoms with Crippen molar-refractivity contribution in [1.29, 1.82) is 0 Å². The van der Waals surface area contributed by atoms with Crippen molar-refractivity contribution in [2.45, 2.75) is 6.92 Å². The minimum atomic E-state index is 0.840. The van der Waals surface area contributed by atoms with Crippen molar-refractivity contribution in [3.8, 4) is 5.75 Å². The summed E-state index contributed by atoms with van der Waals surface area (Å²) in [6.45, 7) is 2.06. The zero-order valence-electron chi connectivity index (χ0n) is 8.05. The lowest BCUT2D eigenvalue weighted by atomic mass is 10.2. The van der Waals surface area contributed by atoms with E-state index in [9.17, 15) is 0 Å². The van der Waals surface area contributed by atoms with Crippen LogP contribution in [-0.2, 0) is 0 Å². The average Bonchev–Trinajstić information content (AvgIpc) is 2.23. The summed E-state index contributed by atoms with van der Waals surface area (Å²) in [4.78, 5) is 5.55. The van der Waals surface area contributed by atoms with E-state index in [4.69, 9.17) is 4.84 Å². The summed E-state index contributed by atoms with van der Waals surface area (Å²) < 4.78 is 1.67. The smallest absolute Gasteiger partial charge is 0.223 e. The van der Waals surface area contributed by atoms with E-state index < -0.39 is 0 Å². The molecule has 70 valence electrons. The van der Waals surface area contributed by atoms with Crippen LogP contribution in [0.5, 0.6) is 5.75 Å². The first-order chi connectivity index (χ1) is 6.84. The molecule has 1 aromatic heterocycles. The third-order valence-electron chi connectivity index (χ3n) is 1.92. The van der Waals surface area contributed by atoms with Gasteiger partial charge in [0.15, 0.2) is 0 Å². The Hall–Kier alpha value is -1.83. The Labute approximate surface area is 83.4 Å². The summed E-state index contributed by atoms with van der Waals surface area (Å²) in [6.07, 6.45) is 3.72. The summed E-state index contributed by atoms with van der Waals surface area (Å²) in [5.74, 6) is 0.840. The number of aryl methyl sites for hydroxylation is 1. The number of rotatable bonds is 2. The zero-order valence-corrected chi connectivity index (χ0v) is 8.05. The highest BCUT2D eigenvalue weighted by Gasteiger charge is 2.00. The SMILES string of the molecule is Cc1ccc(O[n+]2ccccc2)cc1. The van der Waals surface area contributed by atoms with Crippen LogP contribution >= 0.6 is 0 Å². The highest BCUT2D eigenvalue weighted by molar-refractivity contribution is 5.25. The Morgan fingerprint density at radius 2 is 1.57 bits per heavy atom. The summed E-state index contributed by atoms with van der Waals surface area (Å²) in [5, 5.41) is 0. The Kier molecular flexibility index (Phi) is 2.45. The van der Waals surface area contributed by atoms with Crippen LogP contribution in [0.25, 0.3) is 0 Å². The van der Waals surface area contributed by atoms with Gasteiger partial charge in [-0.2, -0.15) is 0 Å². The molecule has 14 heavy (non-hydrogen) atoms. The molecular weight excluding hydrogens is 174 g/mol. The third kappa shape index (κ3) is 2.10. The summed E-state index contributed by atoms with van der Waals surface area (Å²) in [5.41, 5.74) is 1.23. The molecule has 0 saturated heterocycles. The van der Waals surface area contributed by atoms with Gasteiger partial charge in [0.1, 0.15) is 0 Å². The van der Waals surface area contributed by atoms with Crippen LogP contribution in [0.3, 0.4) is 0 Å². The van der Waals surface area contributed by atoms with Crippen LogP contribution < -0.4 is 9.57 Å². The first-order valence-electron chi connectivity index (χ1n) is 4.56. The highest BCUT2D eigenvalue weighted by Crippen LogP contribution is 2.09. The van der Waals surface area contributed by atoms with E-state index in [0.29, 0.717) is 0 Å². The molecule has 0 N–H and O–H groups in total. The normalized spacial score (nSPS) is 9.79. The molecule has 0 spiro atoms. The van der Waals surface area contributed by atoms with Crippen molar-refractivity contribution >= 4 is 0 Å². The summed E-state index contributed by atoms with van der Waals surface area (Å²) >= 11 is 0.